The average Bonchev–Trinajstić information content (AvgIpc) is 2.94. The summed E-state index contributed by atoms with van der Waals surface area (Å²) in [7, 11) is 3.58. The van der Waals surface area contributed by atoms with Crippen LogP contribution in [0.3, 0.4) is 0 Å². The highest BCUT2D eigenvalue weighted by atomic mass is 35.5. The predicted octanol–water partition coefficient (Wildman–Crippen LogP) is 1.99. The summed E-state index contributed by atoms with van der Waals surface area (Å²) in [6, 6.07) is 7.42. The molecule has 2 atom stereocenters. The fourth-order valence-corrected chi connectivity index (χ4v) is 2.33. The van der Waals surface area contributed by atoms with Crippen LogP contribution in [0.25, 0.3) is 0 Å². The van der Waals surface area contributed by atoms with E-state index in [0.29, 0.717) is 6.54 Å². The minimum absolute atomic E-state index is 0. The van der Waals surface area contributed by atoms with E-state index in [1.54, 1.807) is 17.9 Å². The molecule has 2 aromatic rings. The van der Waals surface area contributed by atoms with Gasteiger partial charge in [-0.1, -0.05) is 18.2 Å². The molecule has 0 fully saturated rings. The first-order valence-electron chi connectivity index (χ1n) is 7.67. The molecule has 0 aliphatic rings. The Morgan fingerprint density at radius 3 is 2.67 bits per heavy atom. The van der Waals surface area contributed by atoms with Crippen molar-refractivity contribution in [3.05, 3.63) is 47.8 Å². The Morgan fingerprint density at radius 2 is 2.08 bits per heavy atom. The van der Waals surface area contributed by atoms with Crippen molar-refractivity contribution in [2.45, 2.75) is 26.0 Å². The number of aryl methyl sites for hydroxylation is 2. The topological polar surface area (TPSA) is 68.2 Å². The summed E-state index contributed by atoms with van der Waals surface area (Å²) in [4.78, 5) is 12.3. The number of para-hydroxylation sites is 1. The van der Waals surface area contributed by atoms with Crippen LogP contribution in [0.15, 0.2) is 36.7 Å². The molecule has 0 saturated heterocycles. The summed E-state index contributed by atoms with van der Waals surface area (Å²) < 4.78 is 7.54. The zero-order valence-electron chi connectivity index (χ0n) is 14.4. The van der Waals surface area contributed by atoms with E-state index in [2.05, 4.69) is 15.7 Å². The molecule has 2 unspecified atom stereocenters. The van der Waals surface area contributed by atoms with Crippen LogP contribution in [-0.2, 0) is 11.8 Å². The lowest BCUT2D eigenvalue weighted by Gasteiger charge is -2.19. The van der Waals surface area contributed by atoms with E-state index < -0.39 is 6.04 Å². The van der Waals surface area contributed by atoms with Gasteiger partial charge in [-0.05, 0) is 32.5 Å². The van der Waals surface area contributed by atoms with E-state index in [0.717, 1.165) is 16.9 Å². The van der Waals surface area contributed by atoms with Gasteiger partial charge in [0.15, 0.2) is 0 Å². The predicted molar refractivity (Wildman–Crippen MR) is 96.5 cm³/mol. The van der Waals surface area contributed by atoms with Crippen LogP contribution < -0.4 is 15.4 Å². The van der Waals surface area contributed by atoms with Crippen molar-refractivity contribution in [3.63, 3.8) is 0 Å². The Kier molecular flexibility index (Phi) is 7.74. The summed E-state index contributed by atoms with van der Waals surface area (Å²) >= 11 is 0. The number of hydrogen-bond donors (Lipinski definition) is 2. The zero-order valence-corrected chi connectivity index (χ0v) is 15.3. The zero-order chi connectivity index (χ0) is 16.8. The van der Waals surface area contributed by atoms with Crippen LogP contribution in [0, 0.1) is 6.92 Å². The molecule has 0 aliphatic carbocycles. The van der Waals surface area contributed by atoms with E-state index in [4.69, 9.17) is 4.74 Å². The van der Waals surface area contributed by atoms with Crippen LogP contribution >= 0.6 is 12.4 Å². The van der Waals surface area contributed by atoms with Crippen molar-refractivity contribution in [2.75, 3.05) is 13.6 Å². The highest BCUT2D eigenvalue weighted by Gasteiger charge is 2.20. The standard InChI is InChI=1S/C17H24N4O2.ClH/c1-12-7-5-6-8-15(12)23-13(2)9-19-17(22)16(18-3)14-10-20-21(4)11-14;/h5-8,10-11,13,16,18H,9H2,1-4H3,(H,19,22);1H. The number of ether oxygens (including phenoxy) is 1. The number of halogens is 1. The largest absolute Gasteiger partial charge is 0.489 e. The number of carbonyl (C=O) groups is 1. The molecule has 6 nitrogen and oxygen atoms in total. The molecule has 7 heteroatoms. The Hall–Kier alpha value is -2.05. The molecule has 0 spiro atoms. The van der Waals surface area contributed by atoms with Gasteiger partial charge in [0, 0.05) is 18.8 Å². The lowest BCUT2D eigenvalue weighted by Crippen LogP contribution is -2.40. The Labute approximate surface area is 149 Å². The van der Waals surface area contributed by atoms with Gasteiger partial charge < -0.3 is 15.4 Å². The van der Waals surface area contributed by atoms with Gasteiger partial charge in [-0.2, -0.15) is 5.10 Å². The van der Waals surface area contributed by atoms with Crippen molar-refractivity contribution in [3.8, 4) is 5.75 Å². The van der Waals surface area contributed by atoms with E-state index in [9.17, 15) is 4.79 Å². The van der Waals surface area contributed by atoms with Crippen LogP contribution in [0.1, 0.15) is 24.1 Å². The molecule has 2 rings (SSSR count). The first-order valence-corrected chi connectivity index (χ1v) is 7.67. The van der Waals surface area contributed by atoms with E-state index >= 15 is 0 Å². The minimum atomic E-state index is -0.422. The van der Waals surface area contributed by atoms with Crippen molar-refractivity contribution in [1.82, 2.24) is 20.4 Å². The number of hydrogen-bond acceptors (Lipinski definition) is 4. The van der Waals surface area contributed by atoms with Crippen molar-refractivity contribution >= 4 is 18.3 Å². The summed E-state index contributed by atoms with van der Waals surface area (Å²) in [5.41, 5.74) is 1.91. The maximum atomic E-state index is 12.3. The molecule has 1 aromatic heterocycles. The lowest BCUT2D eigenvalue weighted by atomic mass is 10.1. The van der Waals surface area contributed by atoms with Crippen molar-refractivity contribution in [1.29, 1.82) is 0 Å². The first kappa shape index (κ1) is 20.0. The molecule has 0 aliphatic heterocycles. The lowest BCUT2D eigenvalue weighted by molar-refractivity contribution is -0.123. The molecular formula is C17H25ClN4O2. The van der Waals surface area contributed by atoms with Gasteiger partial charge in [0.2, 0.25) is 5.91 Å². The van der Waals surface area contributed by atoms with E-state index in [1.807, 2.05) is 51.4 Å². The average molecular weight is 353 g/mol. The molecule has 1 amide bonds. The van der Waals surface area contributed by atoms with Gasteiger partial charge in [-0.15, -0.1) is 12.4 Å². The highest BCUT2D eigenvalue weighted by molar-refractivity contribution is 5.85. The number of nitrogens with one attached hydrogen (secondary N) is 2. The van der Waals surface area contributed by atoms with Crippen molar-refractivity contribution < 1.29 is 9.53 Å². The molecule has 0 radical (unpaired) electrons. The number of benzene rings is 1. The monoisotopic (exact) mass is 352 g/mol. The number of aromatic nitrogens is 2. The third kappa shape index (κ3) is 5.25. The molecule has 24 heavy (non-hydrogen) atoms. The summed E-state index contributed by atoms with van der Waals surface area (Å²) in [5, 5.41) is 10.0. The molecule has 0 saturated carbocycles. The summed E-state index contributed by atoms with van der Waals surface area (Å²) in [6.45, 7) is 4.37. The second-order valence-corrected chi connectivity index (χ2v) is 5.61. The molecule has 132 valence electrons. The van der Waals surface area contributed by atoms with Crippen molar-refractivity contribution in [2.24, 2.45) is 7.05 Å². The van der Waals surface area contributed by atoms with Gasteiger partial charge in [0.05, 0.1) is 12.7 Å². The molecule has 1 heterocycles. The third-order valence-corrected chi connectivity index (χ3v) is 3.59. The molecule has 1 aromatic carbocycles. The number of nitrogens with zero attached hydrogens (tertiary/aromatic N) is 2. The quantitative estimate of drug-likeness (QED) is 0.799. The normalized spacial score (nSPS) is 12.8. The van der Waals surface area contributed by atoms with Crippen LogP contribution in [0.4, 0.5) is 0 Å². The first-order chi connectivity index (χ1) is 11.0. The summed E-state index contributed by atoms with van der Waals surface area (Å²) in [6.07, 6.45) is 3.40. The van der Waals surface area contributed by atoms with Crippen LogP contribution in [0.2, 0.25) is 0 Å². The molecular weight excluding hydrogens is 328 g/mol. The van der Waals surface area contributed by atoms with E-state index in [1.165, 1.54) is 0 Å². The third-order valence-electron chi connectivity index (χ3n) is 3.59. The Morgan fingerprint density at radius 1 is 1.38 bits per heavy atom. The number of amides is 1. The van der Waals surface area contributed by atoms with Gasteiger partial charge in [0.25, 0.3) is 0 Å². The smallest absolute Gasteiger partial charge is 0.241 e. The highest BCUT2D eigenvalue weighted by Crippen LogP contribution is 2.17. The van der Waals surface area contributed by atoms with E-state index in [-0.39, 0.29) is 24.4 Å². The second kappa shape index (κ2) is 9.30. The van der Waals surface area contributed by atoms with Gasteiger partial charge in [-0.25, -0.2) is 0 Å². The minimum Gasteiger partial charge on any atom is -0.489 e. The molecule has 2 N–H and O–H groups in total. The maximum absolute atomic E-state index is 12.3. The maximum Gasteiger partial charge on any atom is 0.241 e. The van der Waals surface area contributed by atoms with Crippen LogP contribution in [-0.4, -0.2) is 35.4 Å². The fourth-order valence-electron chi connectivity index (χ4n) is 2.33. The Bertz CT molecular complexity index is 660. The number of likely N-dealkylation sites (N-methyl/N-ethyl adjacent to an activating group) is 1. The SMILES string of the molecule is CNC(C(=O)NCC(C)Oc1ccccc1C)c1cnn(C)c1.Cl. The number of rotatable bonds is 7. The Balaban J connectivity index is 0.00000288. The number of carbonyl (C=O) groups excluding carboxylic acids is 1. The van der Waals surface area contributed by atoms with Gasteiger partial charge >= 0.3 is 0 Å². The molecule has 0 bridgehead atoms. The van der Waals surface area contributed by atoms with Gasteiger partial charge in [-0.3, -0.25) is 9.48 Å². The van der Waals surface area contributed by atoms with Gasteiger partial charge in [0.1, 0.15) is 17.9 Å². The van der Waals surface area contributed by atoms with Crippen LogP contribution in [0.5, 0.6) is 5.75 Å². The summed E-state index contributed by atoms with van der Waals surface area (Å²) in [5.74, 6) is 0.743. The fraction of sp³-hybridized carbons (Fsp3) is 0.412. The second-order valence-electron chi connectivity index (χ2n) is 5.61.